The van der Waals surface area contributed by atoms with E-state index in [1.165, 1.54) is 4.31 Å². The highest BCUT2D eigenvalue weighted by Crippen LogP contribution is 2.28. The standard InChI is InChI=1S/C28H36N2O6S/c1-5-6-17-30(37(32,33)25-10-8-7-9-11-25)21-28(31)29(20-24-14-12-22(2)36-24)18-16-23-13-15-26(34-3)27(19-23)35-4/h7-15,19H,5-6,16-18,20-21H2,1-4H3. The van der Waals surface area contributed by atoms with Gasteiger partial charge < -0.3 is 18.8 Å². The number of rotatable bonds is 14. The van der Waals surface area contributed by atoms with Gasteiger partial charge in [0.2, 0.25) is 15.9 Å². The van der Waals surface area contributed by atoms with Crippen LogP contribution in [-0.2, 0) is 27.8 Å². The van der Waals surface area contributed by atoms with Gasteiger partial charge in [0.15, 0.2) is 11.5 Å². The lowest BCUT2D eigenvalue weighted by Gasteiger charge is -2.27. The molecule has 0 atom stereocenters. The van der Waals surface area contributed by atoms with E-state index < -0.39 is 10.0 Å². The molecule has 0 saturated carbocycles. The Hall–Kier alpha value is -3.30. The van der Waals surface area contributed by atoms with Gasteiger partial charge in [-0.15, -0.1) is 0 Å². The Labute approximate surface area is 219 Å². The summed E-state index contributed by atoms with van der Waals surface area (Å²) in [5, 5.41) is 0. The average molecular weight is 529 g/mol. The molecule has 2 aromatic carbocycles. The molecule has 0 radical (unpaired) electrons. The zero-order valence-corrected chi connectivity index (χ0v) is 22.8. The minimum atomic E-state index is -3.82. The van der Waals surface area contributed by atoms with Crippen LogP contribution in [-0.4, -0.2) is 57.4 Å². The molecule has 0 bridgehead atoms. The summed E-state index contributed by atoms with van der Waals surface area (Å²) in [6.07, 6.45) is 2.01. The fourth-order valence-electron chi connectivity index (χ4n) is 3.96. The fraction of sp³-hybridized carbons (Fsp3) is 0.393. The molecule has 0 aliphatic heterocycles. The number of methoxy groups -OCH3 is 2. The van der Waals surface area contributed by atoms with Crippen molar-refractivity contribution in [2.45, 2.75) is 44.6 Å². The smallest absolute Gasteiger partial charge is 0.243 e. The molecule has 3 rings (SSSR count). The third-order valence-electron chi connectivity index (χ3n) is 6.07. The summed E-state index contributed by atoms with van der Waals surface area (Å²) < 4.78 is 44.5. The minimum absolute atomic E-state index is 0.178. The highest BCUT2D eigenvalue weighted by Gasteiger charge is 2.28. The van der Waals surface area contributed by atoms with Crippen molar-refractivity contribution in [1.82, 2.24) is 9.21 Å². The van der Waals surface area contributed by atoms with Gasteiger partial charge in [0.05, 0.1) is 32.2 Å². The largest absolute Gasteiger partial charge is 0.493 e. The van der Waals surface area contributed by atoms with Gasteiger partial charge in [-0.3, -0.25) is 4.79 Å². The molecule has 0 aliphatic rings. The summed E-state index contributed by atoms with van der Waals surface area (Å²) >= 11 is 0. The predicted octanol–water partition coefficient (Wildman–Crippen LogP) is 4.67. The Kier molecular flexibility index (Phi) is 10.2. The van der Waals surface area contributed by atoms with E-state index in [2.05, 4.69) is 0 Å². The number of hydrogen-bond acceptors (Lipinski definition) is 6. The van der Waals surface area contributed by atoms with Crippen LogP contribution in [0, 0.1) is 6.92 Å². The highest BCUT2D eigenvalue weighted by atomic mass is 32.2. The average Bonchev–Trinajstić information content (AvgIpc) is 3.33. The number of sulfonamides is 1. The second-order valence-electron chi connectivity index (χ2n) is 8.77. The van der Waals surface area contributed by atoms with Crippen LogP contribution >= 0.6 is 0 Å². The molecule has 3 aromatic rings. The van der Waals surface area contributed by atoms with Crippen LogP contribution < -0.4 is 9.47 Å². The summed E-state index contributed by atoms with van der Waals surface area (Å²) in [6.45, 7) is 4.47. The number of nitrogens with zero attached hydrogens (tertiary/aromatic N) is 2. The molecule has 9 heteroatoms. The highest BCUT2D eigenvalue weighted by molar-refractivity contribution is 7.89. The van der Waals surface area contributed by atoms with E-state index >= 15 is 0 Å². The molecular weight excluding hydrogens is 492 g/mol. The van der Waals surface area contributed by atoms with Gasteiger partial charge in [-0.2, -0.15) is 4.31 Å². The number of benzene rings is 2. The summed E-state index contributed by atoms with van der Waals surface area (Å²) in [5.74, 6) is 2.34. The molecule has 0 saturated heterocycles. The van der Waals surface area contributed by atoms with E-state index in [0.29, 0.717) is 36.6 Å². The summed E-state index contributed by atoms with van der Waals surface area (Å²) in [6, 6.07) is 17.6. The first-order valence-electron chi connectivity index (χ1n) is 12.4. The Bertz CT molecular complexity index is 1260. The zero-order valence-electron chi connectivity index (χ0n) is 22.0. The lowest BCUT2D eigenvalue weighted by atomic mass is 10.1. The monoisotopic (exact) mass is 528 g/mol. The molecule has 0 aliphatic carbocycles. The molecular formula is C28H36N2O6S. The first kappa shape index (κ1) is 28.3. The van der Waals surface area contributed by atoms with Gasteiger partial charge in [-0.25, -0.2) is 8.42 Å². The lowest BCUT2D eigenvalue weighted by molar-refractivity contribution is -0.132. The van der Waals surface area contributed by atoms with Crippen LogP contribution in [0.5, 0.6) is 11.5 Å². The van der Waals surface area contributed by atoms with Crippen LogP contribution in [0.4, 0.5) is 0 Å². The molecule has 0 N–H and O–H groups in total. The number of unbranched alkanes of at least 4 members (excludes halogenated alkanes) is 1. The number of aryl methyl sites for hydroxylation is 1. The van der Waals surface area contributed by atoms with Crippen molar-refractivity contribution in [3.8, 4) is 11.5 Å². The SMILES string of the molecule is CCCCN(CC(=O)N(CCc1ccc(OC)c(OC)c1)Cc1ccc(C)o1)S(=O)(=O)c1ccccc1. The Morgan fingerprint density at radius 3 is 2.30 bits per heavy atom. The van der Waals surface area contributed by atoms with Crippen molar-refractivity contribution in [3.63, 3.8) is 0 Å². The first-order chi connectivity index (χ1) is 17.8. The van der Waals surface area contributed by atoms with Crippen molar-refractivity contribution in [1.29, 1.82) is 0 Å². The van der Waals surface area contributed by atoms with Crippen LogP contribution in [0.25, 0.3) is 0 Å². The van der Waals surface area contributed by atoms with Crippen molar-refractivity contribution >= 4 is 15.9 Å². The van der Waals surface area contributed by atoms with Gasteiger partial charge in [0, 0.05) is 13.1 Å². The van der Waals surface area contributed by atoms with Gasteiger partial charge >= 0.3 is 0 Å². The van der Waals surface area contributed by atoms with E-state index in [9.17, 15) is 13.2 Å². The second-order valence-corrected chi connectivity index (χ2v) is 10.7. The molecule has 8 nitrogen and oxygen atoms in total. The molecule has 1 amide bonds. The van der Waals surface area contributed by atoms with Crippen molar-refractivity contribution in [2.75, 3.05) is 33.9 Å². The van der Waals surface area contributed by atoms with Crippen molar-refractivity contribution in [3.05, 3.63) is 77.7 Å². The summed E-state index contributed by atoms with van der Waals surface area (Å²) in [4.78, 5) is 15.4. The first-order valence-corrected chi connectivity index (χ1v) is 13.8. The number of ether oxygens (including phenoxy) is 2. The second kappa shape index (κ2) is 13.3. The molecule has 0 unspecified atom stereocenters. The normalized spacial score (nSPS) is 11.5. The van der Waals surface area contributed by atoms with E-state index in [1.54, 1.807) is 49.5 Å². The number of amides is 1. The van der Waals surface area contributed by atoms with Gasteiger partial charge in [-0.05, 0) is 61.7 Å². The zero-order chi connectivity index (χ0) is 26.8. The molecule has 37 heavy (non-hydrogen) atoms. The Morgan fingerprint density at radius 2 is 1.68 bits per heavy atom. The Balaban J connectivity index is 1.83. The van der Waals surface area contributed by atoms with Crippen molar-refractivity contribution < 1.29 is 27.1 Å². The van der Waals surface area contributed by atoms with Crippen LogP contribution in [0.15, 0.2) is 70.0 Å². The molecule has 200 valence electrons. The van der Waals surface area contributed by atoms with Gasteiger partial charge in [0.25, 0.3) is 0 Å². The molecule has 1 heterocycles. The predicted molar refractivity (Wildman–Crippen MR) is 142 cm³/mol. The van der Waals surface area contributed by atoms with E-state index in [1.807, 2.05) is 44.2 Å². The maximum Gasteiger partial charge on any atom is 0.243 e. The van der Waals surface area contributed by atoms with Crippen LogP contribution in [0.3, 0.4) is 0 Å². The topological polar surface area (TPSA) is 89.3 Å². The number of hydrogen-bond donors (Lipinski definition) is 0. The van der Waals surface area contributed by atoms with Gasteiger partial charge in [0.1, 0.15) is 11.5 Å². The van der Waals surface area contributed by atoms with Crippen LogP contribution in [0.2, 0.25) is 0 Å². The maximum absolute atomic E-state index is 13.6. The van der Waals surface area contributed by atoms with E-state index in [-0.39, 0.29) is 30.4 Å². The maximum atomic E-state index is 13.6. The van der Waals surface area contributed by atoms with E-state index in [4.69, 9.17) is 13.9 Å². The summed E-state index contributed by atoms with van der Waals surface area (Å²) in [5.41, 5.74) is 0.964. The van der Waals surface area contributed by atoms with E-state index in [0.717, 1.165) is 17.7 Å². The third kappa shape index (κ3) is 7.60. The van der Waals surface area contributed by atoms with Gasteiger partial charge in [-0.1, -0.05) is 37.6 Å². The minimum Gasteiger partial charge on any atom is -0.493 e. The van der Waals surface area contributed by atoms with Crippen LogP contribution in [0.1, 0.15) is 36.8 Å². The number of carbonyl (C=O) groups is 1. The third-order valence-corrected chi connectivity index (χ3v) is 7.93. The quantitative estimate of drug-likeness (QED) is 0.302. The lowest BCUT2D eigenvalue weighted by Crippen LogP contribution is -2.43. The van der Waals surface area contributed by atoms with Crippen molar-refractivity contribution in [2.24, 2.45) is 0 Å². The Morgan fingerprint density at radius 1 is 0.946 bits per heavy atom. The number of furan rings is 1. The number of carbonyl (C=O) groups excluding carboxylic acids is 1. The summed E-state index contributed by atoms with van der Waals surface area (Å²) in [7, 11) is -0.664. The molecule has 0 fully saturated rings. The molecule has 0 spiro atoms. The fourth-order valence-corrected chi connectivity index (χ4v) is 5.41. The molecule has 1 aromatic heterocycles.